The van der Waals surface area contributed by atoms with Gasteiger partial charge in [0.25, 0.3) is 5.91 Å². The fourth-order valence-corrected chi connectivity index (χ4v) is 2.87. The molecule has 0 fully saturated rings. The summed E-state index contributed by atoms with van der Waals surface area (Å²) in [7, 11) is 0. The molecule has 0 aromatic heterocycles. The fourth-order valence-electron chi connectivity index (χ4n) is 2.87. The number of azo groups is 1. The summed E-state index contributed by atoms with van der Waals surface area (Å²) in [5.41, 5.74) is 20.2. The number of nitrogen functional groups attached to an aromatic ring is 2. The lowest BCUT2D eigenvalue weighted by Gasteiger charge is -2.13. The summed E-state index contributed by atoms with van der Waals surface area (Å²) in [6.45, 7) is 0.350. The zero-order chi connectivity index (χ0) is 23.8. The number of hydrogen-bond acceptors (Lipinski definition) is 8. The van der Waals surface area contributed by atoms with Crippen molar-refractivity contribution in [3.05, 3.63) is 77.9 Å². The minimum absolute atomic E-state index is 0.0174. The number of aromatic hydroxyl groups is 2. The van der Waals surface area contributed by atoms with Gasteiger partial charge >= 0.3 is 0 Å². The Morgan fingerprint density at radius 3 is 2.27 bits per heavy atom. The number of nitrogens with zero attached hydrogens (tertiary/aromatic N) is 3. The molecular formula is C23H25N7O3. The van der Waals surface area contributed by atoms with Crippen LogP contribution in [0, 0.1) is 0 Å². The highest BCUT2D eigenvalue weighted by atomic mass is 16.3. The van der Waals surface area contributed by atoms with Gasteiger partial charge in [0.05, 0.1) is 12.2 Å². The molecule has 0 spiro atoms. The van der Waals surface area contributed by atoms with Crippen LogP contribution in [-0.2, 0) is 17.9 Å². The van der Waals surface area contributed by atoms with Crippen molar-refractivity contribution in [3.8, 4) is 11.5 Å². The maximum Gasteiger partial charge on any atom is 0.254 e. The normalized spacial score (nSPS) is 12.5. The van der Waals surface area contributed by atoms with Gasteiger partial charge in [0.2, 0.25) is 6.04 Å². The number of nitrogens with one attached hydrogen (secondary N) is 1. The molecule has 1 unspecified atom stereocenters. The van der Waals surface area contributed by atoms with E-state index in [1.807, 2.05) is 30.3 Å². The van der Waals surface area contributed by atoms with Gasteiger partial charge in [-0.3, -0.25) is 9.79 Å². The highest BCUT2D eigenvalue weighted by Crippen LogP contribution is 2.26. The highest BCUT2D eigenvalue weighted by molar-refractivity contribution is 6.06. The molecule has 0 saturated carbocycles. The molecule has 1 atom stereocenters. The van der Waals surface area contributed by atoms with Crippen LogP contribution in [0.5, 0.6) is 11.5 Å². The largest absolute Gasteiger partial charge is 0.508 e. The van der Waals surface area contributed by atoms with E-state index in [-0.39, 0.29) is 41.8 Å². The van der Waals surface area contributed by atoms with Crippen LogP contribution in [0.2, 0.25) is 0 Å². The van der Waals surface area contributed by atoms with Gasteiger partial charge in [-0.2, -0.15) is 10.2 Å². The summed E-state index contributed by atoms with van der Waals surface area (Å²) in [4.78, 5) is 17.1. The zero-order valence-electron chi connectivity index (χ0n) is 17.7. The molecule has 9 N–H and O–H groups in total. The van der Waals surface area contributed by atoms with Crippen LogP contribution in [0.25, 0.3) is 0 Å². The molecule has 0 aliphatic heterocycles. The number of amides is 1. The van der Waals surface area contributed by atoms with Crippen LogP contribution < -0.4 is 22.5 Å². The topological polar surface area (TPSA) is 185 Å². The van der Waals surface area contributed by atoms with E-state index in [4.69, 9.17) is 17.2 Å². The number of carbonyl (C=O) groups is 1. The van der Waals surface area contributed by atoms with Gasteiger partial charge in [-0.15, -0.1) is 0 Å². The molecule has 0 bridgehead atoms. The number of phenolic OH excluding ortho intramolecular Hbond substituents is 2. The van der Waals surface area contributed by atoms with Crippen LogP contribution in [0.3, 0.4) is 0 Å². The van der Waals surface area contributed by atoms with Gasteiger partial charge in [0, 0.05) is 24.4 Å². The first-order valence-corrected chi connectivity index (χ1v) is 10.0. The smallest absolute Gasteiger partial charge is 0.254 e. The predicted molar refractivity (Wildman–Crippen MR) is 127 cm³/mol. The van der Waals surface area contributed by atoms with Gasteiger partial charge < -0.3 is 32.7 Å². The average molecular weight is 447 g/mol. The van der Waals surface area contributed by atoms with Gasteiger partial charge in [0.15, 0.2) is 0 Å². The SMILES string of the molecule is NC(=NCc1ccc(O)cc1N)C(N=Nc1ccc(O)cc1N)C(=O)NCc1ccccc1. The Hall–Kier alpha value is -4.60. The number of carbonyl (C=O) groups excluding carboxylic acids is 1. The molecule has 1 amide bonds. The monoisotopic (exact) mass is 447 g/mol. The minimum atomic E-state index is -1.22. The van der Waals surface area contributed by atoms with Crippen LogP contribution in [-0.4, -0.2) is 28.0 Å². The van der Waals surface area contributed by atoms with Crippen LogP contribution in [0.1, 0.15) is 11.1 Å². The second-order valence-electron chi connectivity index (χ2n) is 7.19. The Labute approximate surface area is 190 Å². The third-order valence-electron chi connectivity index (χ3n) is 4.69. The predicted octanol–water partition coefficient (Wildman–Crippen LogP) is 2.59. The highest BCUT2D eigenvalue weighted by Gasteiger charge is 2.22. The summed E-state index contributed by atoms with van der Waals surface area (Å²) < 4.78 is 0. The lowest BCUT2D eigenvalue weighted by atomic mass is 10.1. The Morgan fingerprint density at radius 1 is 0.939 bits per heavy atom. The number of anilines is 2. The number of phenols is 2. The van der Waals surface area contributed by atoms with Crippen molar-refractivity contribution < 1.29 is 15.0 Å². The van der Waals surface area contributed by atoms with Gasteiger partial charge in [0.1, 0.15) is 23.0 Å². The molecule has 170 valence electrons. The first-order chi connectivity index (χ1) is 15.8. The van der Waals surface area contributed by atoms with Gasteiger partial charge in [-0.1, -0.05) is 36.4 Å². The van der Waals surface area contributed by atoms with Crippen molar-refractivity contribution in [1.82, 2.24) is 5.32 Å². The lowest BCUT2D eigenvalue weighted by Crippen LogP contribution is -2.42. The number of amidine groups is 1. The Bertz CT molecular complexity index is 1180. The van der Waals surface area contributed by atoms with E-state index < -0.39 is 11.9 Å². The fraction of sp³-hybridized carbons (Fsp3) is 0.130. The number of aliphatic imine (C=N–C) groups is 1. The Morgan fingerprint density at radius 2 is 1.61 bits per heavy atom. The first-order valence-electron chi connectivity index (χ1n) is 10.0. The van der Waals surface area contributed by atoms with Gasteiger partial charge in [-0.05, 0) is 29.3 Å². The quantitative estimate of drug-likeness (QED) is 0.133. The van der Waals surface area contributed by atoms with E-state index in [0.29, 0.717) is 11.3 Å². The standard InChI is InChI=1S/C23H25N7O3/c24-18-10-16(31)7-6-15(18)13-27-22(26)21(23(33)28-12-14-4-2-1-3-5-14)30-29-20-9-8-17(32)11-19(20)25/h1-11,21,31-32H,12-13,24-25H2,(H2,26,27)(H,28,33). The number of hydrogen-bond donors (Lipinski definition) is 6. The lowest BCUT2D eigenvalue weighted by molar-refractivity contribution is -0.121. The van der Waals surface area contributed by atoms with E-state index in [2.05, 4.69) is 20.5 Å². The second-order valence-corrected chi connectivity index (χ2v) is 7.19. The summed E-state index contributed by atoms with van der Waals surface area (Å²) in [6.07, 6.45) is 0. The van der Waals surface area contributed by atoms with Gasteiger partial charge in [-0.25, -0.2) is 0 Å². The van der Waals surface area contributed by atoms with E-state index in [1.54, 1.807) is 6.07 Å². The average Bonchev–Trinajstić information content (AvgIpc) is 2.79. The van der Waals surface area contributed by atoms with Crippen LogP contribution in [0.4, 0.5) is 17.1 Å². The van der Waals surface area contributed by atoms with Crippen molar-refractivity contribution >= 4 is 28.8 Å². The van der Waals surface area contributed by atoms with Crippen LogP contribution >= 0.6 is 0 Å². The summed E-state index contributed by atoms with van der Waals surface area (Å²) >= 11 is 0. The van der Waals surface area contributed by atoms with E-state index in [9.17, 15) is 15.0 Å². The number of nitrogens with two attached hydrogens (primary N) is 3. The summed E-state index contributed by atoms with van der Waals surface area (Å²) in [6, 6.07) is 16.8. The van der Waals surface area contributed by atoms with Crippen molar-refractivity contribution in [1.29, 1.82) is 0 Å². The van der Waals surface area contributed by atoms with Crippen molar-refractivity contribution in [3.63, 3.8) is 0 Å². The maximum atomic E-state index is 12.9. The molecule has 3 aromatic carbocycles. The van der Waals surface area contributed by atoms with Crippen molar-refractivity contribution in [2.45, 2.75) is 19.1 Å². The third-order valence-corrected chi connectivity index (χ3v) is 4.69. The molecular weight excluding hydrogens is 422 g/mol. The molecule has 0 aliphatic rings. The molecule has 0 aliphatic carbocycles. The molecule has 0 radical (unpaired) electrons. The Balaban J connectivity index is 1.82. The Kier molecular flexibility index (Phi) is 7.43. The zero-order valence-corrected chi connectivity index (χ0v) is 17.7. The minimum Gasteiger partial charge on any atom is -0.508 e. The van der Waals surface area contributed by atoms with E-state index in [0.717, 1.165) is 5.56 Å². The molecule has 10 heteroatoms. The molecule has 33 heavy (non-hydrogen) atoms. The second kappa shape index (κ2) is 10.6. The molecule has 3 rings (SSSR count). The summed E-state index contributed by atoms with van der Waals surface area (Å²) in [5.74, 6) is -0.558. The van der Waals surface area contributed by atoms with Crippen molar-refractivity contribution in [2.75, 3.05) is 11.5 Å². The number of benzene rings is 3. The first kappa shape index (κ1) is 23.1. The molecule has 10 nitrogen and oxygen atoms in total. The molecule has 3 aromatic rings. The maximum absolute atomic E-state index is 12.9. The van der Waals surface area contributed by atoms with E-state index in [1.165, 1.54) is 30.3 Å². The van der Waals surface area contributed by atoms with Crippen LogP contribution in [0.15, 0.2) is 82.0 Å². The number of rotatable bonds is 8. The summed E-state index contributed by atoms with van der Waals surface area (Å²) in [5, 5.41) is 29.9. The van der Waals surface area contributed by atoms with E-state index >= 15 is 0 Å². The molecule has 0 heterocycles. The third kappa shape index (κ3) is 6.44. The van der Waals surface area contributed by atoms with Crippen molar-refractivity contribution in [2.24, 2.45) is 21.0 Å². The molecule has 0 saturated heterocycles.